The molecule has 0 aromatic heterocycles. The van der Waals surface area contributed by atoms with E-state index in [0.29, 0.717) is 25.3 Å². The van der Waals surface area contributed by atoms with Gasteiger partial charge in [0.1, 0.15) is 0 Å². The van der Waals surface area contributed by atoms with Crippen molar-refractivity contribution in [2.24, 2.45) is 5.92 Å². The average molecular weight is 345 g/mol. The van der Waals surface area contributed by atoms with Gasteiger partial charge in [0.2, 0.25) is 5.91 Å². The predicted molar refractivity (Wildman–Crippen MR) is 83.5 cm³/mol. The fourth-order valence-corrected chi connectivity index (χ4v) is 3.72. The number of carbonyl (C=O) groups is 1. The number of carbonyl (C=O) groups excluding carboxylic acids is 1. The van der Waals surface area contributed by atoms with Gasteiger partial charge < -0.3 is 16.0 Å². The highest BCUT2D eigenvalue weighted by Crippen LogP contribution is 2.33. The Kier molecular flexibility index (Phi) is 4.84. The molecule has 1 fully saturated rings. The minimum absolute atomic E-state index is 0.0436. The van der Waals surface area contributed by atoms with Crippen LogP contribution in [0.25, 0.3) is 0 Å². The monoisotopic (exact) mass is 345 g/mol. The van der Waals surface area contributed by atoms with Crippen LogP contribution in [0.3, 0.4) is 0 Å². The zero-order valence-electron chi connectivity index (χ0n) is 12.4. The molecule has 2 unspecified atom stereocenters. The molecule has 3 N–H and O–H groups in total. The molecule has 3 rings (SSSR count). The summed E-state index contributed by atoms with van der Waals surface area (Å²) in [5, 5.41) is 8.63. The lowest BCUT2D eigenvalue weighted by molar-refractivity contribution is -0.185. The largest absolute Gasteiger partial charge is 0.394 e. The Labute approximate surface area is 136 Å². The summed E-state index contributed by atoms with van der Waals surface area (Å²) in [6.45, 7) is 0.893. The molecule has 2 heterocycles. The molecule has 0 radical (unpaired) electrons. The van der Waals surface area contributed by atoms with Crippen molar-refractivity contribution in [2.45, 2.75) is 30.1 Å². The van der Waals surface area contributed by atoms with Crippen LogP contribution in [0.4, 0.5) is 18.9 Å². The second-order valence-electron chi connectivity index (χ2n) is 5.80. The van der Waals surface area contributed by atoms with E-state index < -0.39 is 18.1 Å². The molecule has 8 heteroatoms. The van der Waals surface area contributed by atoms with Crippen molar-refractivity contribution in [3.05, 3.63) is 23.8 Å². The third kappa shape index (κ3) is 3.99. The fraction of sp³-hybridized carbons (Fsp3) is 0.533. The molecule has 1 aromatic rings. The number of piperidine rings is 1. The van der Waals surface area contributed by atoms with Crippen LogP contribution in [0.15, 0.2) is 23.1 Å². The smallest absolute Gasteiger partial charge is 0.324 e. The number of halogens is 3. The van der Waals surface area contributed by atoms with Gasteiger partial charge in [-0.2, -0.15) is 13.2 Å². The minimum Gasteiger partial charge on any atom is -0.324 e. The van der Waals surface area contributed by atoms with E-state index in [0.717, 1.165) is 16.1 Å². The van der Waals surface area contributed by atoms with Crippen molar-refractivity contribution in [3.8, 4) is 0 Å². The molecular formula is C15H18F3N3OS. The number of hydrogen-bond acceptors (Lipinski definition) is 4. The number of nitrogens with one attached hydrogen (secondary N) is 3. The molecule has 2 aliphatic rings. The summed E-state index contributed by atoms with van der Waals surface area (Å²) in [7, 11) is 0. The van der Waals surface area contributed by atoms with Crippen LogP contribution in [-0.4, -0.2) is 37.0 Å². The zero-order valence-corrected chi connectivity index (χ0v) is 13.2. The highest BCUT2D eigenvalue weighted by molar-refractivity contribution is 8.00. The van der Waals surface area contributed by atoms with E-state index in [1.807, 2.05) is 18.2 Å². The van der Waals surface area contributed by atoms with Gasteiger partial charge in [0.25, 0.3) is 0 Å². The molecular weight excluding hydrogens is 327 g/mol. The molecule has 1 aromatic carbocycles. The number of thioether (sulfide) groups is 1. The molecule has 126 valence electrons. The molecule has 0 spiro atoms. The topological polar surface area (TPSA) is 53.2 Å². The summed E-state index contributed by atoms with van der Waals surface area (Å²) in [6, 6.07) is 5.03. The number of rotatable bonds is 3. The van der Waals surface area contributed by atoms with Crippen LogP contribution in [0.2, 0.25) is 0 Å². The van der Waals surface area contributed by atoms with E-state index in [9.17, 15) is 18.0 Å². The third-order valence-corrected chi connectivity index (χ3v) is 5.22. The summed E-state index contributed by atoms with van der Waals surface area (Å²) in [6.07, 6.45) is -3.76. The van der Waals surface area contributed by atoms with Crippen LogP contribution < -0.4 is 16.0 Å². The molecule has 4 nitrogen and oxygen atoms in total. The number of hydrogen-bond donors (Lipinski definition) is 3. The van der Waals surface area contributed by atoms with E-state index in [1.165, 1.54) is 11.8 Å². The van der Waals surface area contributed by atoms with Gasteiger partial charge in [0.15, 0.2) is 0 Å². The first kappa shape index (κ1) is 16.6. The molecule has 2 aliphatic heterocycles. The molecule has 1 amide bonds. The van der Waals surface area contributed by atoms with E-state index in [-0.39, 0.29) is 12.5 Å². The van der Waals surface area contributed by atoms with Crippen molar-refractivity contribution in [3.63, 3.8) is 0 Å². The maximum absolute atomic E-state index is 13.1. The average Bonchev–Trinajstić information content (AvgIpc) is 2.52. The Morgan fingerprint density at radius 2 is 2.17 bits per heavy atom. The highest BCUT2D eigenvalue weighted by atomic mass is 32.2. The predicted octanol–water partition coefficient (Wildman–Crippen LogP) is 2.36. The van der Waals surface area contributed by atoms with Gasteiger partial charge in [-0.25, -0.2) is 0 Å². The zero-order chi connectivity index (χ0) is 16.4. The number of fused-ring (bicyclic) bond motifs is 1. The summed E-state index contributed by atoms with van der Waals surface area (Å²) in [5.41, 5.74) is 1.61. The summed E-state index contributed by atoms with van der Waals surface area (Å²) in [4.78, 5) is 12.4. The highest BCUT2D eigenvalue weighted by Gasteiger charge is 2.45. The van der Waals surface area contributed by atoms with Gasteiger partial charge in [-0.1, -0.05) is 6.07 Å². The SMILES string of the molecule is O=C1CSc2ccc(CNC3CCNCC3C(F)(F)F)cc2N1. The van der Waals surface area contributed by atoms with Crippen molar-refractivity contribution in [2.75, 3.05) is 24.2 Å². The quantitative estimate of drug-likeness (QED) is 0.787. The number of alkyl halides is 3. The van der Waals surface area contributed by atoms with Crippen LogP contribution in [0.5, 0.6) is 0 Å². The first-order valence-electron chi connectivity index (χ1n) is 7.50. The normalized spacial score (nSPS) is 24.9. The maximum atomic E-state index is 13.1. The molecule has 23 heavy (non-hydrogen) atoms. The molecule has 0 aliphatic carbocycles. The van der Waals surface area contributed by atoms with E-state index in [1.54, 1.807) is 0 Å². The summed E-state index contributed by atoms with van der Waals surface area (Å²) >= 11 is 1.47. The second kappa shape index (κ2) is 6.70. The van der Waals surface area contributed by atoms with E-state index in [4.69, 9.17) is 0 Å². The number of benzene rings is 1. The lowest BCUT2D eigenvalue weighted by Gasteiger charge is -2.34. The van der Waals surface area contributed by atoms with Crippen molar-refractivity contribution in [1.29, 1.82) is 0 Å². The Bertz CT molecular complexity index is 594. The maximum Gasteiger partial charge on any atom is 0.394 e. The molecule has 0 bridgehead atoms. The van der Waals surface area contributed by atoms with Gasteiger partial charge in [-0.3, -0.25) is 4.79 Å². The van der Waals surface area contributed by atoms with E-state index >= 15 is 0 Å². The number of anilines is 1. The second-order valence-corrected chi connectivity index (χ2v) is 6.81. The van der Waals surface area contributed by atoms with Crippen molar-refractivity contribution < 1.29 is 18.0 Å². The van der Waals surface area contributed by atoms with Crippen LogP contribution >= 0.6 is 11.8 Å². The van der Waals surface area contributed by atoms with Gasteiger partial charge in [0, 0.05) is 24.0 Å². The first-order valence-corrected chi connectivity index (χ1v) is 8.48. The number of amides is 1. The summed E-state index contributed by atoms with van der Waals surface area (Å²) < 4.78 is 39.2. The molecule has 2 atom stereocenters. The standard InChI is InChI=1S/C15H18F3N3OS/c16-15(17,18)10-7-19-4-3-11(10)20-6-9-1-2-13-12(5-9)21-14(22)8-23-13/h1-2,5,10-11,19-20H,3-4,6-8H2,(H,21,22). The lowest BCUT2D eigenvalue weighted by Crippen LogP contribution is -2.53. The Hall–Kier alpha value is -1.25. The van der Waals surface area contributed by atoms with Crippen LogP contribution in [0, 0.1) is 5.92 Å². The van der Waals surface area contributed by atoms with Gasteiger partial charge in [-0.05, 0) is 30.7 Å². The minimum atomic E-state index is -4.20. The Balaban J connectivity index is 1.65. The lowest BCUT2D eigenvalue weighted by atomic mass is 9.92. The summed E-state index contributed by atoms with van der Waals surface area (Å²) in [5.74, 6) is -1.03. The van der Waals surface area contributed by atoms with Crippen molar-refractivity contribution in [1.82, 2.24) is 10.6 Å². The van der Waals surface area contributed by atoms with Crippen LogP contribution in [0.1, 0.15) is 12.0 Å². The van der Waals surface area contributed by atoms with Gasteiger partial charge >= 0.3 is 6.18 Å². The molecule has 1 saturated heterocycles. The third-order valence-electron chi connectivity index (χ3n) is 4.15. The Morgan fingerprint density at radius 3 is 2.96 bits per heavy atom. The van der Waals surface area contributed by atoms with Crippen LogP contribution in [-0.2, 0) is 11.3 Å². The molecule has 0 saturated carbocycles. The van der Waals surface area contributed by atoms with E-state index in [2.05, 4.69) is 16.0 Å². The Morgan fingerprint density at radius 1 is 1.35 bits per heavy atom. The first-order chi connectivity index (χ1) is 10.9. The van der Waals surface area contributed by atoms with Gasteiger partial charge in [0.05, 0.1) is 17.4 Å². The van der Waals surface area contributed by atoms with Crippen molar-refractivity contribution >= 4 is 23.4 Å². The van der Waals surface area contributed by atoms with Gasteiger partial charge in [-0.15, -0.1) is 11.8 Å². The fourth-order valence-electron chi connectivity index (χ4n) is 2.94.